The van der Waals surface area contributed by atoms with Crippen molar-refractivity contribution in [2.24, 2.45) is 0 Å². The van der Waals surface area contributed by atoms with Crippen molar-refractivity contribution in [1.82, 2.24) is 0 Å². The average Bonchev–Trinajstić information content (AvgIpc) is 2.81. The van der Waals surface area contributed by atoms with E-state index in [1.54, 1.807) is 0 Å². The first-order valence-corrected chi connectivity index (χ1v) is 5.45. The van der Waals surface area contributed by atoms with Gasteiger partial charge in [0.05, 0.1) is 6.10 Å². The minimum atomic E-state index is -0.429. The zero-order valence-electron chi connectivity index (χ0n) is 9.02. The van der Waals surface area contributed by atoms with Crippen LogP contribution in [-0.2, 0) is 9.47 Å². The fourth-order valence-corrected chi connectivity index (χ4v) is 1.62. The summed E-state index contributed by atoms with van der Waals surface area (Å²) in [6.07, 6.45) is 1.66. The van der Waals surface area contributed by atoms with Crippen LogP contribution in [0.5, 0.6) is 0 Å². The molecule has 1 fully saturated rings. The van der Waals surface area contributed by atoms with E-state index in [1.807, 2.05) is 30.3 Å². The first-order valence-electron chi connectivity index (χ1n) is 5.45. The predicted octanol–water partition coefficient (Wildman–Crippen LogP) is 2.41. The first kappa shape index (κ1) is 11.0. The van der Waals surface area contributed by atoms with E-state index < -0.39 is 6.09 Å². The molecule has 0 spiro atoms. The second kappa shape index (κ2) is 5.51. The van der Waals surface area contributed by atoms with Crippen LogP contribution in [0.1, 0.15) is 12.8 Å². The van der Waals surface area contributed by atoms with Crippen molar-refractivity contribution in [3.05, 3.63) is 30.3 Å². The number of anilines is 1. The molecule has 4 nitrogen and oxygen atoms in total. The Hall–Kier alpha value is -1.55. The number of carbonyl (C=O) groups excluding carboxylic acids is 1. The zero-order chi connectivity index (χ0) is 11.2. The van der Waals surface area contributed by atoms with Crippen molar-refractivity contribution in [3.63, 3.8) is 0 Å². The average molecular weight is 221 g/mol. The molecule has 1 aromatic carbocycles. The molecular weight excluding hydrogens is 206 g/mol. The molecule has 4 heteroatoms. The van der Waals surface area contributed by atoms with Gasteiger partial charge < -0.3 is 9.47 Å². The molecule has 16 heavy (non-hydrogen) atoms. The summed E-state index contributed by atoms with van der Waals surface area (Å²) in [6, 6.07) is 9.23. The number of amides is 1. The summed E-state index contributed by atoms with van der Waals surface area (Å²) >= 11 is 0. The van der Waals surface area contributed by atoms with Crippen LogP contribution in [0, 0.1) is 0 Å². The van der Waals surface area contributed by atoms with E-state index in [0.29, 0.717) is 6.61 Å². The lowest BCUT2D eigenvalue weighted by atomic mass is 10.2. The van der Waals surface area contributed by atoms with E-state index in [0.717, 1.165) is 25.1 Å². The normalized spacial score (nSPS) is 19.4. The molecule has 86 valence electrons. The number of nitrogens with one attached hydrogen (secondary N) is 1. The van der Waals surface area contributed by atoms with Crippen LogP contribution in [0.15, 0.2) is 30.3 Å². The van der Waals surface area contributed by atoms with Gasteiger partial charge in [0.15, 0.2) is 0 Å². The van der Waals surface area contributed by atoms with Crippen LogP contribution in [0.3, 0.4) is 0 Å². The van der Waals surface area contributed by atoms with Crippen LogP contribution < -0.4 is 5.32 Å². The van der Waals surface area contributed by atoms with Gasteiger partial charge in [-0.1, -0.05) is 18.2 Å². The highest BCUT2D eigenvalue weighted by molar-refractivity contribution is 5.84. The molecule has 0 saturated carbocycles. The number of hydrogen-bond acceptors (Lipinski definition) is 3. The van der Waals surface area contributed by atoms with Crippen LogP contribution in [0.25, 0.3) is 0 Å². The van der Waals surface area contributed by atoms with Gasteiger partial charge in [-0.2, -0.15) is 0 Å². The Morgan fingerprint density at radius 2 is 2.25 bits per heavy atom. The van der Waals surface area contributed by atoms with Crippen LogP contribution in [0.4, 0.5) is 10.5 Å². The lowest BCUT2D eigenvalue weighted by molar-refractivity contribution is 0.0484. The third-order valence-electron chi connectivity index (χ3n) is 2.44. The van der Waals surface area contributed by atoms with Crippen molar-refractivity contribution in [1.29, 1.82) is 0 Å². The molecule has 1 aliphatic rings. The van der Waals surface area contributed by atoms with Crippen molar-refractivity contribution >= 4 is 11.8 Å². The summed E-state index contributed by atoms with van der Waals surface area (Å²) in [5.74, 6) is 0. The number of rotatable bonds is 3. The van der Waals surface area contributed by atoms with Gasteiger partial charge in [0.25, 0.3) is 0 Å². The minimum absolute atomic E-state index is 0.0709. The molecule has 1 heterocycles. The van der Waals surface area contributed by atoms with Crippen molar-refractivity contribution in [2.75, 3.05) is 18.5 Å². The maximum atomic E-state index is 11.4. The topological polar surface area (TPSA) is 47.6 Å². The summed E-state index contributed by atoms with van der Waals surface area (Å²) in [6.45, 7) is 1.10. The van der Waals surface area contributed by atoms with Crippen molar-refractivity contribution in [3.8, 4) is 0 Å². The standard InChI is InChI=1S/C12H15NO3/c14-12(13-10-5-2-1-3-6-10)16-9-11-7-4-8-15-11/h1-3,5-6,11H,4,7-9H2,(H,13,14). The quantitative estimate of drug-likeness (QED) is 0.852. The van der Waals surface area contributed by atoms with E-state index in [1.165, 1.54) is 0 Å². The van der Waals surface area contributed by atoms with Gasteiger partial charge in [-0.05, 0) is 25.0 Å². The lowest BCUT2D eigenvalue weighted by Gasteiger charge is -2.10. The van der Waals surface area contributed by atoms with Gasteiger partial charge in [0, 0.05) is 12.3 Å². The number of ether oxygens (including phenoxy) is 2. The Balaban J connectivity index is 1.72. The van der Waals surface area contributed by atoms with E-state index in [2.05, 4.69) is 5.32 Å². The summed E-state index contributed by atoms with van der Waals surface area (Å²) in [5.41, 5.74) is 0.736. The minimum Gasteiger partial charge on any atom is -0.447 e. The molecule has 0 aliphatic carbocycles. The van der Waals surface area contributed by atoms with E-state index in [4.69, 9.17) is 9.47 Å². The van der Waals surface area contributed by atoms with Crippen LogP contribution in [0.2, 0.25) is 0 Å². The molecule has 1 saturated heterocycles. The highest BCUT2D eigenvalue weighted by Gasteiger charge is 2.17. The Kier molecular flexibility index (Phi) is 3.77. The Labute approximate surface area is 94.6 Å². The summed E-state index contributed by atoms with van der Waals surface area (Å²) < 4.78 is 10.4. The monoisotopic (exact) mass is 221 g/mol. The lowest BCUT2D eigenvalue weighted by Crippen LogP contribution is -2.21. The van der Waals surface area contributed by atoms with Gasteiger partial charge in [-0.25, -0.2) is 4.79 Å². The van der Waals surface area contributed by atoms with Crippen LogP contribution in [-0.4, -0.2) is 25.4 Å². The van der Waals surface area contributed by atoms with Gasteiger partial charge in [-0.3, -0.25) is 5.32 Å². The summed E-state index contributed by atoms with van der Waals surface area (Å²) in [7, 11) is 0. The SMILES string of the molecule is O=C(Nc1ccccc1)OCC1CCCO1. The molecule has 0 bridgehead atoms. The molecule has 1 aliphatic heterocycles. The van der Waals surface area contributed by atoms with Gasteiger partial charge in [-0.15, -0.1) is 0 Å². The molecule has 0 radical (unpaired) electrons. The molecule has 1 N–H and O–H groups in total. The molecular formula is C12H15NO3. The summed E-state index contributed by atoms with van der Waals surface area (Å²) in [4.78, 5) is 11.4. The maximum absolute atomic E-state index is 11.4. The zero-order valence-corrected chi connectivity index (χ0v) is 9.02. The largest absolute Gasteiger partial charge is 0.447 e. The third kappa shape index (κ3) is 3.24. The first-order chi connectivity index (χ1) is 7.84. The maximum Gasteiger partial charge on any atom is 0.411 e. The van der Waals surface area contributed by atoms with Gasteiger partial charge in [0.2, 0.25) is 0 Å². The predicted molar refractivity (Wildman–Crippen MR) is 60.4 cm³/mol. The Bertz CT molecular complexity index is 333. The molecule has 1 aromatic rings. The number of carbonyl (C=O) groups is 1. The highest BCUT2D eigenvalue weighted by Crippen LogP contribution is 2.12. The summed E-state index contributed by atoms with van der Waals surface area (Å²) in [5, 5.41) is 2.65. The van der Waals surface area contributed by atoms with Crippen molar-refractivity contribution < 1.29 is 14.3 Å². The Morgan fingerprint density at radius 3 is 2.94 bits per heavy atom. The van der Waals surface area contributed by atoms with Crippen molar-refractivity contribution in [2.45, 2.75) is 18.9 Å². The smallest absolute Gasteiger partial charge is 0.411 e. The van der Waals surface area contributed by atoms with E-state index in [-0.39, 0.29) is 6.10 Å². The molecule has 2 rings (SSSR count). The van der Waals surface area contributed by atoms with Crippen LogP contribution >= 0.6 is 0 Å². The number of benzene rings is 1. The second-order valence-electron chi connectivity index (χ2n) is 3.72. The van der Waals surface area contributed by atoms with E-state index in [9.17, 15) is 4.79 Å². The fraction of sp³-hybridized carbons (Fsp3) is 0.417. The number of para-hydroxylation sites is 1. The molecule has 1 atom stereocenters. The molecule has 1 amide bonds. The highest BCUT2D eigenvalue weighted by atomic mass is 16.6. The van der Waals surface area contributed by atoms with Gasteiger partial charge >= 0.3 is 6.09 Å². The molecule has 0 aromatic heterocycles. The van der Waals surface area contributed by atoms with Gasteiger partial charge in [0.1, 0.15) is 6.61 Å². The second-order valence-corrected chi connectivity index (χ2v) is 3.72. The molecule has 1 unspecified atom stereocenters. The fourth-order valence-electron chi connectivity index (χ4n) is 1.62. The third-order valence-corrected chi connectivity index (χ3v) is 2.44. The van der Waals surface area contributed by atoms with E-state index >= 15 is 0 Å². The Morgan fingerprint density at radius 1 is 1.44 bits per heavy atom. The number of hydrogen-bond donors (Lipinski definition) is 1.